The van der Waals surface area contributed by atoms with Gasteiger partial charge in [-0.15, -0.1) is 0 Å². The Balaban J connectivity index is 1.84. The fourth-order valence-corrected chi connectivity index (χ4v) is 3.34. The summed E-state index contributed by atoms with van der Waals surface area (Å²) < 4.78 is 0. The Morgan fingerprint density at radius 3 is 2.48 bits per heavy atom. The fraction of sp³-hybridized carbons (Fsp3) is 0.588. The van der Waals surface area contributed by atoms with E-state index in [1.54, 1.807) is 12.1 Å². The maximum atomic E-state index is 13.2. The molecule has 1 unspecified atom stereocenters. The molecule has 0 radical (unpaired) electrons. The number of phenolic OH excluding ortho intramolecular Hbond substituents is 1. The van der Waals surface area contributed by atoms with Gasteiger partial charge in [-0.1, -0.05) is 12.1 Å². The van der Waals surface area contributed by atoms with E-state index in [4.69, 9.17) is 0 Å². The van der Waals surface area contributed by atoms with E-state index in [2.05, 4.69) is 22.2 Å². The zero-order valence-corrected chi connectivity index (χ0v) is 13.7. The molecule has 0 spiro atoms. The predicted molar refractivity (Wildman–Crippen MR) is 89.4 cm³/mol. The molecule has 1 amide bonds. The molecule has 2 N–H and O–H groups in total. The van der Waals surface area contributed by atoms with Crippen molar-refractivity contribution in [2.24, 2.45) is 0 Å². The van der Waals surface area contributed by atoms with Gasteiger partial charge in [0.1, 0.15) is 11.8 Å². The highest BCUT2D eigenvalue weighted by Gasteiger charge is 2.33. The molecule has 23 heavy (non-hydrogen) atoms. The molecule has 0 bridgehead atoms. The highest BCUT2D eigenvalue weighted by molar-refractivity contribution is 5.83. The molecule has 6 nitrogen and oxygen atoms in total. The molecular weight excluding hydrogens is 292 g/mol. The van der Waals surface area contributed by atoms with Crippen LogP contribution in [-0.2, 0) is 4.79 Å². The number of hydrogen-bond donors (Lipinski definition) is 2. The van der Waals surface area contributed by atoms with Crippen LogP contribution in [0.5, 0.6) is 5.75 Å². The number of likely N-dealkylation sites (N-methyl/N-ethyl adjacent to an activating group) is 1. The maximum Gasteiger partial charge on any atom is 0.244 e. The van der Waals surface area contributed by atoms with Crippen LogP contribution in [0.2, 0.25) is 0 Å². The van der Waals surface area contributed by atoms with Crippen molar-refractivity contribution in [3.63, 3.8) is 0 Å². The van der Waals surface area contributed by atoms with E-state index in [1.165, 1.54) is 0 Å². The first-order valence-electron chi connectivity index (χ1n) is 8.36. The van der Waals surface area contributed by atoms with Crippen LogP contribution >= 0.6 is 0 Å². The number of amides is 1. The number of rotatable bonds is 3. The Morgan fingerprint density at radius 2 is 1.83 bits per heavy atom. The van der Waals surface area contributed by atoms with E-state index in [0.717, 1.165) is 57.9 Å². The van der Waals surface area contributed by atoms with Crippen molar-refractivity contribution in [3.8, 4) is 5.75 Å². The average Bonchev–Trinajstić information content (AvgIpc) is 2.58. The molecule has 2 heterocycles. The predicted octanol–water partition coefficient (Wildman–Crippen LogP) is 0.113. The zero-order valence-electron chi connectivity index (χ0n) is 13.7. The normalized spacial score (nSPS) is 22.0. The van der Waals surface area contributed by atoms with Crippen molar-refractivity contribution in [1.29, 1.82) is 0 Å². The number of nitrogens with zero attached hydrogens (tertiary/aromatic N) is 3. The summed E-state index contributed by atoms with van der Waals surface area (Å²) in [5, 5.41) is 13.1. The van der Waals surface area contributed by atoms with Gasteiger partial charge in [0.15, 0.2) is 0 Å². The van der Waals surface area contributed by atoms with Gasteiger partial charge in [0, 0.05) is 52.4 Å². The van der Waals surface area contributed by atoms with Crippen LogP contribution < -0.4 is 5.32 Å². The number of aromatic hydroxyl groups is 1. The lowest BCUT2D eigenvalue weighted by Gasteiger charge is -2.40. The molecule has 2 aliphatic rings. The molecule has 0 aliphatic carbocycles. The van der Waals surface area contributed by atoms with Gasteiger partial charge >= 0.3 is 0 Å². The summed E-state index contributed by atoms with van der Waals surface area (Å²) in [7, 11) is 2.11. The third-order valence-electron chi connectivity index (χ3n) is 4.75. The lowest BCUT2D eigenvalue weighted by Crippen LogP contribution is -2.53. The minimum absolute atomic E-state index is 0.154. The van der Waals surface area contributed by atoms with Crippen molar-refractivity contribution < 1.29 is 9.90 Å². The van der Waals surface area contributed by atoms with E-state index in [-0.39, 0.29) is 17.7 Å². The number of hydrogen-bond acceptors (Lipinski definition) is 5. The molecule has 2 aliphatic heterocycles. The van der Waals surface area contributed by atoms with Gasteiger partial charge < -0.3 is 20.2 Å². The highest BCUT2D eigenvalue weighted by atomic mass is 16.3. The standard InChI is InChI=1S/C17H26N4O2/c1-19-9-11-20(12-10-19)16(14-3-2-4-15(22)13-14)17(23)21-7-5-18-6-8-21/h2-4,13,16,18,22H,5-12H2,1H3. The summed E-state index contributed by atoms with van der Waals surface area (Å²) in [6.45, 7) is 6.86. The monoisotopic (exact) mass is 318 g/mol. The molecule has 6 heteroatoms. The first-order chi connectivity index (χ1) is 11.1. The van der Waals surface area contributed by atoms with Crippen LogP contribution in [0, 0.1) is 0 Å². The third-order valence-corrected chi connectivity index (χ3v) is 4.75. The number of nitrogens with one attached hydrogen (secondary N) is 1. The van der Waals surface area contributed by atoms with E-state index in [9.17, 15) is 9.90 Å². The minimum Gasteiger partial charge on any atom is -0.508 e. The van der Waals surface area contributed by atoms with Gasteiger partial charge in [-0.3, -0.25) is 9.69 Å². The van der Waals surface area contributed by atoms with Crippen LogP contribution in [-0.4, -0.2) is 85.1 Å². The van der Waals surface area contributed by atoms with Crippen molar-refractivity contribution >= 4 is 5.91 Å². The Hall–Kier alpha value is -1.63. The van der Waals surface area contributed by atoms with E-state index in [1.807, 2.05) is 17.0 Å². The average molecular weight is 318 g/mol. The highest BCUT2D eigenvalue weighted by Crippen LogP contribution is 2.27. The number of carbonyl (C=O) groups is 1. The molecule has 0 saturated carbocycles. The third kappa shape index (κ3) is 3.83. The van der Waals surface area contributed by atoms with Gasteiger partial charge in [0.2, 0.25) is 5.91 Å². The van der Waals surface area contributed by atoms with Crippen LogP contribution in [0.3, 0.4) is 0 Å². The number of carbonyl (C=O) groups excluding carboxylic acids is 1. The molecule has 2 fully saturated rings. The number of piperazine rings is 2. The maximum absolute atomic E-state index is 13.2. The Morgan fingerprint density at radius 1 is 1.13 bits per heavy atom. The molecule has 126 valence electrons. The SMILES string of the molecule is CN1CCN(C(C(=O)N2CCNCC2)c2cccc(O)c2)CC1. The summed E-state index contributed by atoms with van der Waals surface area (Å²) in [5.41, 5.74) is 0.887. The summed E-state index contributed by atoms with van der Waals surface area (Å²) >= 11 is 0. The van der Waals surface area contributed by atoms with Crippen molar-refractivity contribution in [2.75, 3.05) is 59.4 Å². The van der Waals surface area contributed by atoms with Crippen molar-refractivity contribution in [2.45, 2.75) is 6.04 Å². The van der Waals surface area contributed by atoms with Gasteiger partial charge in [-0.2, -0.15) is 0 Å². The van der Waals surface area contributed by atoms with E-state index >= 15 is 0 Å². The molecule has 1 atom stereocenters. The number of benzene rings is 1. The quantitative estimate of drug-likeness (QED) is 0.829. The molecule has 2 saturated heterocycles. The first kappa shape index (κ1) is 16.2. The van der Waals surface area contributed by atoms with Crippen LogP contribution in [0.4, 0.5) is 0 Å². The number of phenols is 1. The first-order valence-corrected chi connectivity index (χ1v) is 8.36. The lowest BCUT2D eigenvalue weighted by atomic mass is 10.0. The second kappa shape index (κ2) is 7.29. The Bertz CT molecular complexity index is 537. The summed E-state index contributed by atoms with van der Waals surface area (Å²) in [5.74, 6) is 0.372. The summed E-state index contributed by atoms with van der Waals surface area (Å²) in [6, 6.07) is 6.85. The van der Waals surface area contributed by atoms with Crippen LogP contribution in [0.25, 0.3) is 0 Å². The van der Waals surface area contributed by atoms with E-state index < -0.39 is 0 Å². The molecule has 0 aromatic heterocycles. The zero-order chi connectivity index (χ0) is 16.2. The second-order valence-electron chi connectivity index (χ2n) is 6.41. The molecule has 1 aromatic carbocycles. The van der Waals surface area contributed by atoms with Gasteiger partial charge in [0.25, 0.3) is 0 Å². The van der Waals surface area contributed by atoms with Crippen molar-refractivity contribution in [3.05, 3.63) is 29.8 Å². The van der Waals surface area contributed by atoms with Crippen LogP contribution in [0.15, 0.2) is 24.3 Å². The smallest absolute Gasteiger partial charge is 0.244 e. The van der Waals surface area contributed by atoms with E-state index in [0.29, 0.717) is 0 Å². The minimum atomic E-state index is -0.297. The second-order valence-corrected chi connectivity index (χ2v) is 6.41. The Labute approximate surface area is 137 Å². The van der Waals surface area contributed by atoms with Gasteiger partial charge in [-0.25, -0.2) is 0 Å². The fourth-order valence-electron chi connectivity index (χ4n) is 3.34. The van der Waals surface area contributed by atoms with Gasteiger partial charge in [-0.05, 0) is 24.7 Å². The summed E-state index contributed by atoms with van der Waals surface area (Å²) in [4.78, 5) is 19.6. The lowest BCUT2D eigenvalue weighted by molar-refractivity contribution is -0.138. The summed E-state index contributed by atoms with van der Waals surface area (Å²) in [6.07, 6.45) is 0. The Kier molecular flexibility index (Phi) is 5.15. The largest absolute Gasteiger partial charge is 0.508 e. The van der Waals surface area contributed by atoms with Crippen molar-refractivity contribution in [1.82, 2.24) is 20.0 Å². The molecule has 1 aromatic rings. The molecular formula is C17H26N4O2. The molecule has 3 rings (SSSR count). The topological polar surface area (TPSA) is 59.0 Å². The van der Waals surface area contributed by atoms with Crippen LogP contribution in [0.1, 0.15) is 11.6 Å². The van der Waals surface area contributed by atoms with Gasteiger partial charge in [0.05, 0.1) is 0 Å².